The van der Waals surface area contributed by atoms with Crippen molar-refractivity contribution < 1.29 is 4.74 Å². The van der Waals surface area contributed by atoms with Crippen molar-refractivity contribution in [3.8, 4) is 0 Å². The van der Waals surface area contributed by atoms with Gasteiger partial charge in [0.05, 0.1) is 5.60 Å². The molecule has 2 atom stereocenters. The molecule has 0 aromatic rings. The van der Waals surface area contributed by atoms with Crippen LogP contribution in [0.15, 0.2) is 0 Å². The maximum absolute atomic E-state index is 5.62. The van der Waals surface area contributed by atoms with E-state index in [4.69, 9.17) is 4.74 Å². The van der Waals surface area contributed by atoms with Crippen LogP contribution in [0.25, 0.3) is 0 Å². The molecule has 1 fully saturated rings. The van der Waals surface area contributed by atoms with Crippen LogP contribution in [0.3, 0.4) is 0 Å². The number of hydrogen-bond acceptors (Lipinski definition) is 3. The Morgan fingerprint density at radius 3 is 2.38 bits per heavy atom. The van der Waals surface area contributed by atoms with Gasteiger partial charge in [0, 0.05) is 38.3 Å². The molecule has 126 valence electrons. The van der Waals surface area contributed by atoms with Gasteiger partial charge in [-0.1, -0.05) is 34.1 Å². The summed E-state index contributed by atoms with van der Waals surface area (Å²) in [5.41, 5.74) is 0.303. The fourth-order valence-electron chi connectivity index (χ4n) is 3.38. The number of piperazine rings is 1. The van der Waals surface area contributed by atoms with Crippen molar-refractivity contribution in [1.82, 2.24) is 10.2 Å². The summed E-state index contributed by atoms with van der Waals surface area (Å²) in [7, 11) is 1.83. The lowest BCUT2D eigenvalue weighted by molar-refractivity contribution is -0.0249. The molecule has 0 aliphatic carbocycles. The number of methoxy groups -OCH3 is 1. The average molecular weight is 299 g/mol. The molecule has 0 spiro atoms. The highest BCUT2D eigenvalue weighted by atomic mass is 16.5. The normalized spacial score (nSPS) is 25.0. The smallest absolute Gasteiger partial charge is 0.0634 e. The fourth-order valence-corrected chi connectivity index (χ4v) is 3.38. The van der Waals surface area contributed by atoms with Crippen molar-refractivity contribution >= 4 is 0 Å². The SMILES string of the molecule is CCC(C)C1CN(CCC(C)(C)OC)C(CC)(CC)CN1. The van der Waals surface area contributed by atoms with Crippen molar-refractivity contribution in [2.24, 2.45) is 5.92 Å². The quantitative estimate of drug-likeness (QED) is 0.740. The van der Waals surface area contributed by atoms with E-state index < -0.39 is 0 Å². The third kappa shape index (κ3) is 4.67. The second kappa shape index (κ2) is 7.94. The summed E-state index contributed by atoms with van der Waals surface area (Å²) in [6, 6.07) is 0.631. The monoisotopic (exact) mass is 298 g/mol. The zero-order chi connectivity index (χ0) is 16.1. The number of nitrogens with zero attached hydrogens (tertiary/aromatic N) is 1. The predicted octanol–water partition coefficient (Wildman–Crippen LogP) is 3.68. The Hall–Kier alpha value is -0.120. The fraction of sp³-hybridized carbons (Fsp3) is 1.00. The molecule has 0 bridgehead atoms. The van der Waals surface area contributed by atoms with Crippen LogP contribution in [0.2, 0.25) is 0 Å². The second-order valence-corrected chi connectivity index (χ2v) is 7.46. The highest BCUT2D eigenvalue weighted by Gasteiger charge is 2.40. The molecule has 3 heteroatoms. The molecule has 21 heavy (non-hydrogen) atoms. The van der Waals surface area contributed by atoms with Gasteiger partial charge in [-0.2, -0.15) is 0 Å². The number of nitrogens with one attached hydrogen (secondary N) is 1. The topological polar surface area (TPSA) is 24.5 Å². The molecule has 1 saturated heterocycles. The van der Waals surface area contributed by atoms with Crippen LogP contribution in [-0.4, -0.2) is 48.8 Å². The lowest BCUT2D eigenvalue weighted by Gasteiger charge is -2.51. The first-order valence-electron chi connectivity index (χ1n) is 8.87. The molecule has 0 radical (unpaired) electrons. The highest BCUT2D eigenvalue weighted by Crippen LogP contribution is 2.30. The summed E-state index contributed by atoms with van der Waals surface area (Å²) in [5, 5.41) is 3.83. The van der Waals surface area contributed by atoms with Crippen LogP contribution in [0.4, 0.5) is 0 Å². The zero-order valence-corrected chi connectivity index (χ0v) is 15.5. The highest BCUT2D eigenvalue weighted by molar-refractivity contribution is 4.98. The van der Waals surface area contributed by atoms with E-state index in [1.54, 1.807) is 0 Å². The first-order chi connectivity index (χ1) is 9.84. The van der Waals surface area contributed by atoms with Gasteiger partial charge >= 0.3 is 0 Å². The average Bonchev–Trinajstić information content (AvgIpc) is 2.51. The lowest BCUT2D eigenvalue weighted by atomic mass is 9.84. The van der Waals surface area contributed by atoms with Gasteiger partial charge < -0.3 is 10.1 Å². The maximum Gasteiger partial charge on any atom is 0.0634 e. The second-order valence-electron chi connectivity index (χ2n) is 7.46. The van der Waals surface area contributed by atoms with E-state index in [0.717, 1.165) is 25.4 Å². The van der Waals surface area contributed by atoms with Crippen LogP contribution >= 0.6 is 0 Å². The summed E-state index contributed by atoms with van der Waals surface area (Å²) >= 11 is 0. The van der Waals surface area contributed by atoms with E-state index >= 15 is 0 Å². The Balaban J connectivity index is 2.78. The van der Waals surface area contributed by atoms with Crippen LogP contribution in [0.1, 0.15) is 67.2 Å². The Bertz CT molecular complexity index is 300. The minimum atomic E-state index is -0.0238. The van der Waals surface area contributed by atoms with Crippen molar-refractivity contribution in [1.29, 1.82) is 0 Å². The molecule has 0 aromatic carbocycles. The lowest BCUT2D eigenvalue weighted by Crippen LogP contribution is -2.65. The largest absolute Gasteiger partial charge is 0.379 e. The Labute approximate surface area is 132 Å². The van der Waals surface area contributed by atoms with E-state index in [2.05, 4.69) is 51.8 Å². The molecule has 1 aliphatic heterocycles. The summed E-state index contributed by atoms with van der Waals surface area (Å²) in [4.78, 5) is 2.75. The molecule has 1 aliphatic rings. The molecular formula is C18H38N2O. The third-order valence-electron chi connectivity index (χ3n) is 5.96. The predicted molar refractivity (Wildman–Crippen MR) is 91.8 cm³/mol. The molecule has 1 rings (SSSR count). The summed E-state index contributed by atoms with van der Waals surface area (Å²) in [5.74, 6) is 0.745. The first kappa shape index (κ1) is 18.9. The molecule has 0 aromatic heterocycles. The Morgan fingerprint density at radius 2 is 1.90 bits per heavy atom. The Morgan fingerprint density at radius 1 is 1.29 bits per heavy atom. The van der Waals surface area contributed by atoms with Gasteiger partial charge in [0.2, 0.25) is 0 Å². The van der Waals surface area contributed by atoms with Gasteiger partial charge in [0.1, 0.15) is 0 Å². The van der Waals surface area contributed by atoms with E-state index in [-0.39, 0.29) is 5.60 Å². The standard InChI is InChI=1S/C18H38N2O/c1-8-15(4)16-13-20(12-11-17(5,6)21-7)18(9-2,10-3)14-19-16/h15-16,19H,8-14H2,1-7H3. The molecule has 1 N–H and O–H groups in total. The van der Waals surface area contributed by atoms with Gasteiger partial charge in [0.15, 0.2) is 0 Å². The minimum absolute atomic E-state index is 0.0238. The van der Waals surface area contributed by atoms with Crippen LogP contribution in [0.5, 0.6) is 0 Å². The van der Waals surface area contributed by atoms with Crippen molar-refractivity contribution in [2.75, 3.05) is 26.7 Å². The first-order valence-corrected chi connectivity index (χ1v) is 8.87. The number of hydrogen-bond donors (Lipinski definition) is 1. The van der Waals surface area contributed by atoms with Crippen molar-refractivity contribution in [2.45, 2.75) is 84.4 Å². The molecule has 3 nitrogen and oxygen atoms in total. The van der Waals surface area contributed by atoms with Crippen LogP contribution in [0, 0.1) is 5.92 Å². The molecule has 0 amide bonds. The van der Waals surface area contributed by atoms with E-state index in [9.17, 15) is 0 Å². The summed E-state index contributed by atoms with van der Waals surface area (Å²) < 4.78 is 5.62. The van der Waals surface area contributed by atoms with Crippen LogP contribution in [-0.2, 0) is 4.74 Å². The third-order valence-corrected chi connectivity index (χ3v) is 5.96. The van der Waals surface area contributed by atoms with Gasteiger partial charge in [-0.05, 0) is 39.0 Å². The molecule has 0 saturated carbocycles. The number of rotatable bonds is 8. The Kier molecular flexibility index (Phi) is 7.15. The number of ether oxygens (including phenoxy) is 1. The van der Waals surface area contributed by atoms with Gasteiger partial charge in [-0.15, -0.1) is 0 Å². The molecule has 1 heterocycles. The molecular weight excluding hydrogens is 260 g/mol. The van der Waals surface area contributed by atoms with E-state index in [0.29, 0.717) is 11.6 Å². The summed E-state index contributed by atoms with van der Waals surface area (Å²) in [6.07, 6.45) is 4.78. The van der Waals surface area contributed by atoms with E-state index in [1.165, 1.54) is 25.8 Å². The van der Waals surface area contributed by atoms with Crippen molar-refractivity contribution in [3.05, 3.63) is 0 Å². The summed E-state index contributed by atoms with van der Waals surface area (Å²) in [6.45, 7) is 17.2. The van der Waals surface area contributed by atoms with Gasteiger partial charge in [-0.25, -0.2) is 0 Å². The van der Waals surface area contributed by atoms with E-state index in [1.807, 2.05) is 7.11 Å². The maximum atomic E-state index is 5.62. The van der Waals surface area contributed by atoms with Crippen molar-refractivity contribution in [3.63, 3.8) is 0 Å². The van der Waals surface area contributed by atoms with Crippen LogP contribution < -0.4 is 5.32 Å². The van der Waals surface area contributed by atoms with Gasteiger partial charge in [0.25, 0.3) is 0 Å². The molecule has 2 unspecified atom stereocenters. The van der Waals surface area contributed by atoms with Gasteiger partial charge in [-0.3, -0.25) is 4.90 Å². The minimum Gasteiger partial charge on any atom is -0.379 e. The zero-order valence-electron chi connectivity index (χ0n) is 15.5.